The number of aromatic hydroxyl groups is 1. The number of nitrogens with zero attached hydrogens (tertiary/aromatic N) is 2. The first-order chi connectivity index (χ1) is 14.1. The molecule has 0 unspecified atom stereocenters. The highest BCUT2D eigenvalue weighted by atomic mass is 32.1. The van der Waals surface area contributed by atoms with E-state index < -0.39 is 28.8 Å². The van der Waals surface area contributed by atoms with Crippen molar-refractivity contribution in [3.05, 3.63) is 69.7 Å². The number of phenols is 1. The van der Waals surface area contributed by atoms with Crippen LogP contribution in [0.15, 0.2) is 30.3 Å². The average molecular weight is 438 g/mol. The van der Waals surface area contributed by atoms with Crippen LogP contribution < -0.4 is 0 Å². The second-order valence-corrected chi connectivity index (χ2v) is 7.97. The molecule has 30 heavy (non-hydrogen) atoms. The zero-order valence-corrected chi connectivity index (χ0v) is 17.2. The number of thiazole rings is 1. The van der Waals surface area contributed by atoms with Gasteiger partial charge in [-0.05, 0) is 44.5 Å². The number of hydrogen-bond donors (Lipinski definition) is 1. The van der Waals surface area contributed by atoms with Crippen molar-refractivity contribution in [1.29, 1.82) is 0 Å². The van der Waals surface area contributed by atoms with Crippen molar-refractivity contribution in [2.45, 2.75) is 33.4 Å². The number of carbonyl (C=O) groups excluding carboxylic acids is 1. The Morgan fingerprint density at radius 1 is 1.13 bits per heavy atom. The summed E-state index contributed by atoms with van der Waals surface area (Å²) >= 11 is 0.814. The fourth-order valence-electron chi connectivity index (χ4n) is 2.86. The Hall–Kier alpha value is -2.94. The van der Waals surface area contributed by atoms with E-state index in [9.17, 15) is 27.5 Å². The van der Waals surface area contributed by atoms with Crippen molar-refractivity contribution in [3.8, 4) is 16.3 Å². The minimum absolute atomic E-state index is 0.0620. The molecule has 0 saturated carbocycles. The van der Waals surface area contributed by atoms with Crippen molar-refractivity contribution < 1.29 is 27.5 Å². The number of amides is 1. The Morgan fingerprint density at radius 2 is 1.77 bits per heavy atom. The SMILES string of the molecule is Cc1nc(-c2cc(F)c(F)c(O)c2F)sc1C(=O)N(Cc1ccc(F)cc1)C(C)C. The van der Waals surface area contributed by atoms with Gasteiger partial charge in [0, 0.05) is 12.6 Å². The zero-order chi connectivity index (χ0) is 22.2. The molecule has 3 aromatic rings. The molecular weight excluding hydrogens is 420 g/mol. The summed E-state index contributed by atoms with van der Waals surface area (Å²) in [5.74, 6) is -6.68. The van der Waals surface area contributed by atoms with Crippen LogP contribution in [0.25, 0.3) is 10.6 Å². The Labute approximate surface area is 174 Å². The van der Waals surface area contributed by atoms with E-state index in [0.29, 0.717) is 6.07 Å². The molecule has 0 bridgehead atoms. The van der Waals surface area contributed by atoms with Crippen LogP contribution in [0.5, 0.6) is 5.75 Å². The van der Waals surface area contributed by atoms with Crippen molar-refractivity contribution >= 4 is 17.2 Å². The maximum Gasteiger partial charge on any atom is 0.266 e. The van der Waals surface area contributed by atoms with Gasteiger partial charge < -0.3 is 10.0 Å². The van der Waals surface area contributed by atoms with E-state index in [1.54, 1.807) is 19.1 Å². The second kappa shape index (κ2) is 8.43. The molecule has 3 rings (SSSR count). The summed E-state index contributed by atoms with van der Waals surface area (Å²) in [5.41, 5.74) is 0.568. The summed E-state index contributed by atoms with van der Waals surface area (Å²) in [4.78, 5) is 19.0. The van der Waals surface area contributed by atoms with Gasteiger partial charge in [0.15, 0.2) is 17.4 Å². The van der Waals surface area contributed by atoms with Crippen LogP contribution in [0.3, 0.4) is 0 Å². The lowest BCUT2D eigenvalue weighted by molar-refractivity contribution is 0.0694. The molecule has 1 aromatic heterocycles. The summed E-state index contributed by atoms with van der Waals surface area (Å²) in [5, 5.41) is 9.38. The smallest absolute Gasteiger partial charge is 0.266 e. The van der Waals surface area contributed by atoms with Gasteiger partial charge in [-0.1, -0.05) is 12.1 Å². The van der Waals surface area contributed by atoms with E-state index in [4.69, 9.17) is 0 Å². The van der Waals surface area contributed by atoms with Crippen LogP contribution in [0, 0.1) is 30.2 Å². The van der Waals surface area contributed by atoms with Gasteiger partial charge >= 0.3 is 0 Å². The molecule has 158 valence electrons. The predicted molar refractivity (Wildman–Crippen MR) is 105 cm³/mol. The van der Waals surface area contributed by atoms with Crippen molar-refractivity contribution in [2.24, 2.45) is 0 Å². The molecular formula is C21H18F4N2O2S. The Kier molecular flexibility index (Phi) is 6.12. The first-order valence-corrected chi connectivity index (χ1v) is 9.81. The van der Waals surface area contributed by atoms with Crippen LogP contribution in [-0.2, 0) is 6.54 Å². The molecule has 0 aliphatic heterocycles. The molecule has 0 saturated heterocycles. The van der Waals surface area contributed by atoms with Crippen LogP contribution in [0.1, 0.15) is 34.8 Å². The normalized spacial score (nSPS) is 11.2. The van der Waals surface area contributed by atoms with Crippen LogP contribution >= 0.6 is 11.3 Å². The van der Waals surface area contributed by atoms with Crippen LogP contribution in [0.4, 0.5) is 17.6 Å². The van der Waals surface area contributed by atoms with Gasteiger partial charge in [-0.3, -0.25) is 4.79 Å². The van der Waals surface area contributed by atoms with E-state index in [1.807, 2.05) is 13.8 Å². The lowest BCUT2D eigenvalue weighted by Gasteiger charge is -2.26. The second-order valence-electron chi connectivity index (χ2n) is 6.97. The minimum atomic E-state index is -1.69. The largest absolute Gasteiger partial charge is 0.503 e. The predicted octanol–water partition coefficient (Wildman–Crippen LogP) is 5.43. The molecule has 2 aromatic carbocycles. The first kappa shape index (κ1) is 21.8. The van der Waals surface area contributed by atoms with Gasteiger partial charge in [0.1, 0.15) is 15.7 Å². The Balaban J connectivity index is 1.97. The molecule has 0 atom stereocenters. The number of aryl methyl sites for hydroxylation is 1. The molecule has 0 aliphatic carbocycles. The van der Waals surface area contributed by atoms with E-state index in [2.05, 4.69) is 4.98 Å². The standard InChI is InChI=1S/C21H18F4N2O2S/c1-10(2)27(9-12-4-6-13(22)7-5-12)21(29)19-11(3)26-20(30-19)14-8-15(23)17(25)18(28)16(14)24/h4-8,10,28H,9H2,1-3H3. The molecule has 1 amide bonds. The van der Waals surface area contributed by atoms with Crippen molar-refractivity contribution in [2.75, 3.05) is 0 Å². The van der Waals surface area contributed by atoms with Gasteiger partial charge in [0.25, 0.3) is 5.91 Å². The van der Waals surface area contributed by atoms with E-state index in [1.165, 1.54) is 17.0 Å². The molecule has 0 fully saturated rings. The highest BCUT2D eigenvalue weighted by molar-refractivity contribution is 7.17. The van der Waals surface area contributed by atoms with Gasteiger partial charge in [-0.15, -0.1) is 11.3 Å². The minimum Gasteiger partial charge on any atom is -0.503 e. The van der Waals surface area contributed by atoms with Crippen molar-refractivity contribution in [3.63, 3.8) is 0 Å². The van der Waals surface area contributed by atoms with E-state index >= 15 is 0 Å². The number of rotatable bonds is 5. The maximum atomic E-state index is 14.3. The third kappa shape index (κ3) is 4.16. The summed E-state index contributed by atoms with van der Waals surface area (Å²) in [6.45, 7) is 5.38. The number of phenolic OH excluding ortho intramolecular Hbond substituents is 1. The third-order valence-electron chi connectivity index (χ3n) is 4.50. The fourth-order valence-corrected chi connectivity index (χ4v) is 3.89. The van der Waals surface area contributed by atoms with Crippen molar-refractivity contribution in [1.82, 2.24) is 9.88 Å². The topological polar surface area (TPSA) is 53.4 Å². The zero-order valence-electron chi connectivity index (χ0n) is 16.3. The molecule has 0 radical (unpaired) electrons. The van der Waals surface area contributed by atoms with Crippen LogP contribution in [-0.4, -0.2) is 26.9 Å². The average Bonchev–Trinajstić information content (AvgIpc) is 3.09. The maximum absolute atomic E-state index is 14.3. The Bertz CT molecular complexity index is 1100. The summed E-state index contributed by atoms with van der Waals surface area (Å²) in [6, 6.07) is 6.12. The van der Waals surface area contributed by atoms with Gasteiger partial charge in [0.2, 0.25) is 5.82 Å². The quantitative estimate of drug-likeness (QED) is 0.427. The lowest BCUT2D eigenvalue weighted by Crippen LogP contribution is -2.36. The molecule has 4 nitrogen and oxygen atoms in total. The highest BCUT2D eigenvalue weighted by Gasteiger charge is 2.27. The Morgan fingerprint density at radius 3 is 2.37 bits per heavy atom. The highest BCUT2D eigenvalue weighted by Crippen LogP contribution is 2.36. The number of halogens is 4. The first-order valence-electron chi connectivity index (χ1n) is 8.99. The third-order valence-corrected chi connectivity index (χ3v) is 5.68. The van der Waals surface area contributed by atoms with Gasteiger partial charge in [0.05, 0.1) is 11.3 Å². The fraction of sp³-hybridized carbons (Fsp3) is 0.238. The lowest BCUT2D eigenvalue weighted by atomic mass is 10.1. The summed E-state index contributed by atoms with van der Waals surface area (Å²) in [7, 11) is 0. The molecule has 1 N–H and O–H groups in total. The van der Waals surface area contributed by atoms with Crippen LogP contribution in [0.2, 0.25) is 0 Å². The number of carbonyl (C=O) groups is 1. The summed E-state index contributed by atoms with van der Waals surface area (Å²) in [6.07, 6.45) is 0. The molecule has 9 heteroatoms. The molecule has 1 heterocycles. The monoisotopic (exact) mass is 438 g/mol. The number of hydrogen-bond acceptors (Lipinski definition) is 4. The number of benzene rings is 2. The van der Waals surface area contributed by atoms with Gasteiger partial charge in [-0.25, -0.2) is 18.2 Å². The van der Waals surface area contributed by atoms with Gasteiger partial charge in [-0.2, -0.15) is 4.39 Å². The number of aromatic nitrogens is 1. The van der Waals surface area contributed by atoms with E-state index in [-0.39, 0.29) is 39.9 Å². The van der Waals surface area contributed by atoms with E-state index in [0.717, 1.165) is 16.9 Å². The molecule has 0 aliphatic rings. The summed E-state index contributed by atoms with van der Waals surface area (Å²) < 4.78 is 54.4. The molecule has 0 spiro atoms.